The van der Waals surface area contributed by atoms with Crippen LogP contribution in [0.5, 0.6) is 0 Å². The van der Waals surface area contributed by atoms with E-state index in [4.69, 9.17) is 32.0 Å². The largest absolute Gasteiger partial charge is 0.522 e. The minimum atomic E-state index is -5.84. The maximum atomic E-state index is 10.7. The predicted molar refractivity (Wildman–Crippen MR) is 409 cm³/mol. The summed E-state index contributed by atoms with van der Waals surface area (Å²) in [5.74, 6) is 2.56. The zero-order valence-electron chi connectivity index (χ0n) is 61.6. The average Bonchev–Trinajstić information content (AvgIpc) is 1.61. The van der Waals surface area contributed by atoms with Crippen molar-refractivity contribution < 1.29 is 85.4 Å². The van der Waals surface area contributed by atoms with Crippen molar-refractivity contribution in [2.24, 2.45) is 23.7 Å². The molecule has 0 amide bonds. The number of aliphatic hydroxyl groups excluding tert-OH is 2. The summed E-state index contributed by atoms with van der Waals surface area (Å²) < 4.78 is 69.7. The molecule has 4 aromatic carbocycles. The number of furan rings is 2. The fraction of sp³-hybridized carbons (Fsp3) is 0.333. The number of aromatic nitrogens is 6. The van der Waals surface area contributed by atoms with Gasteiger partial charge in [0.15, 0.2) is 0 Å². The van der Waals surface area contributed by atoms with E-state index in [1.54, 1.807) is 0 Å². The normalized spacial score (nSPS) is 11.4. The van der Waals surface area contributed by atoms with Crippen molar-refractivity contribution in [1.82, 2.24) is 29.9 Å². The van der Waals surface area contributed by atoms with E-state index in [2.05, 4.69) is 234 Å². The summed E-state index contributed by atoms with van der Waals surface area (Å²) in [5, 5.41) is 21.2. The number of hydrogen-bond acceptors (Lipinski definition) is 12. The number of hydrogen-bond donors (Lipinski definition) is 3. The fourth-order valence-corrected chi connectivity index (χ4v) is 14.4. The number of para-hydroxylation sites is 1. The van der Waals surface area contributed by atoms with Gasteiger partial charge < -0.3 is 34.0 Å². The SMILES string of the molecule is CC(C)Cc1cc(-c2[c-]cccc2)ncc1[Si](C)(C)C.CC(C)Cc1cc(-c2[c-]cccc2)ncc1[Si](C)(C)C.CO.CO.Cc1ccc2c(n1)oc1c(-c3cc(CC(C)C)ccn3)[c-]ccc12.Cc1ccc2c(n1)oc1c(-c3cc(CC(C)C)ccn3)cccc12.O=S(=O)(O)C(F)(F)F.[Ir].[Ir]. The number of aryl methyl sites for hydroxylation is 2. The monoisotopic (exact) mass is 1800 g/mol. The minimum absolute atomic E-state index is 0. The van der Waals surface area contributed by atoms with Crippen LogP contribution < -0.4 is 10.4 Å². The van der Waals surface area contributed by atoms with E-state index in [1.807, 2.05) is 86.9 Å². The molecule has 0 unspecified atom stereocenters. The van der Waals surface area contributed by atoms with Crippen LogP contribution in [0.3, 0.4) is 0 Å². The first kappa shape index (κ1) is 87.1. The smallest absolute Gasteiger partial charge is 0.486 e. The number of pyridine rings is 6. The molecule has 13 nitrogen and oxygen atoms in total. The van der Waals surface area contributed by atoms with Gasteiger partial charge in [-0.3, -0.25) is 9.54 Å². The molecule has 8 aromatic heterocycles. The molecule has 0 atom stereocenters. The van der Waals surface area contributed by atoms with Crippen molar-refractivity contribution in [2.45, 2.75) is 140 Å². The van der Waals surface area contributed by atoms with E-state index in [-0.39, 0.29) is 40.2 Å². The van der Waals surface area contributed by atoms with Crippen LogP contribution in [0, 0.1) is 55.7 Å². The maximum absolute atomic E-state index is 10.7. The molecular formula is C81H96F3Ir2N6O7SSi2-3. The number of aliphatic hydroxyl groups is 2. The minimum Gasteiger partial charge on any atom is -0.486 e. The van der Waals surface area contributed by atoms with E-state index in [0.717, 1.165) is 129 Å². The van der Waals surface area contributed by atoms with Crippen LogP contribution in [-0.2, 0) is 76.0 Å². The Morgan fingerprint density at radius 3 is 1.28 bits per heavy atom. The first-order valence-corrected chi connectivity index (χ1v) is 41.9. The number of fused-ring (bicyclic) bond motifs is 6. The standard InChI is InChI=1S/C21H20N2O.C21H19N2O.2C18H24NSi.CHF3O3S.2CH4O.2Ir/c2*1-13(2)11-15-9-10-22-19(12-15)18-6-4-5-16-17-8-7-14(3)23-21(17)24-20(16)18;2*1-14(2)11-16-12-17(15-9-7-6-8-10-15)19-13-18(16)20(3,4)5;2-1(3,4)8(5,6)7;2*1-2;;/h4-10,12-13H,11H2,1-3H3;4-5,7-10,12-13H,11H2,1-3H3;2*6-9,12-14H,11H2,1-5H3;(H,5,6,7);2*2H,1H3;;/q;3*-1;;;;;. The summed E-state index contributed by atoms with van der Waals surface area (Å²) in [6.07, 6.45) is 12.3. The van der Waals surface area contributed by atoms with Crippen LogP contribution in [0.4, 0.5) is 13.2 Å². The molecule has 548 valence electrons. The second kappa shape index (κ2) is 39.6. The number of halogens is 3. The van der Waals surface area contributed by atoms with Crippen LogP contribution in [0.2, 0.25) is 39.3 Å². The Labute approximate surface area is 630 Å². The van der Waals surface area contributed by atoms with Crippen molar-refractivity contribution in [2.75, 3.05) is 14.2 Å². The molecule has 3 N–H and O–H groups in total. The van der Waals surface area contributed by atoms with Crippen LogP contribution in [0.25, 0.3) is 89.2 Å². The number of alkyl halides is 3. The molecule has 102 heavy (non-hydrogen) atoms. The number of benzene rings is 4. The molecule has 2 radical (unpaired) electrons. The van der Waals surface area contributed by atoms with Crippen molar-refractivity contribution in [3.8, 4) is 45.0 Å². The van der Waals surface area contributed by atoms with Gasteiger partial charge in [0.1, 0.15) is 5.58 Å². The van der Waals surface area contributed by atoms with Gasteiger partial charge in [0, 0.05) is 112 Å². The summed E-state index contributed by atoms with van der Waals surface area (Å²) in [6, 6.07) is 57.3. The van der Waals surface area contributed by atoms with Crippen molar-refractivity contribution in [1.29, 1.82) is 0 Å². The molecule has 0 bridgehead atoms. The Morgan fingerprint density at radius 1 is 0.471 bits per heavy atom. The van der Waals surface area contributed by atoms with E-state index in [0.29, 0.717) is 35.1 Å². The molecule has 8 heterocycles. The van der Waals surface area contributed by atoms with Gasteiger partial charge in [-0.2, -0.15) is 21.6 Å². The maximum Gasteiger partial charge on any atom is 0.522 e. The Hall–Kier alpha value is -7.27. The Morgan fingerprint density at radius 2 is 0.882 bits per heavy atom. The molecule has 21 heteroatoms. The van der Waals surface area contributed by atoms with Crippen molar-refractivity contribution in [3.05, 3.63) is 216 Å². The second-order valence-electron chi connectivity index (χ2n) is 28.0. The van der Waals surface area contributed by atoms with E-state index < -0.39 is 31.8 Å². The van der Waals surface area contributed by atoms with E-state index in [1.165, 1.54) is 32.6 Å². The Kier molecular flexibility index (Phi) is 33.8. The number of rotatable bonds is 14. The topological polar surface area (TPSA) is 198 Å². The summed E-state index contributed by atoms with van der Waals surface area (Å²) >= 11 is 0. The molecule has 0 aliphatic heterocycles. The third-order valence-corrected chi connectivity index (χ3v) is 20.2. The molecule has 0 aliphatic rings. The predicted octanol–water partition coefficient (Wildman–Crippen LogP) is 19.1. The summed E-state index contributed by atoms with van der Waals surface area (Å²) in [5.41, 5.74) is 13.0. The van der Waals surface area contributed by atoms with E-state index in [9.17, 15) is 13.2 Å². The van der Waals surface area contributed by atoms with Crippen molar-refractivity contribution in [3.63, 3.8) is 0 Å². The zero-order chi connectivity index (χ0) is 73.9. The third kappa shape index (κ3) is 24.7. The van der Waals surface area contributed by atoms with Crippen LogP contribution >= 0.6 is 0 Å². The Bertz CT molecular complexity index is 4440. The summed E-state index contributed by atoms with van der Waals surface area (Å²) in [7, 11) is -6.52. The molecule has 0 saturated heterocycles. The van der Waals surface area contributed by atoms with Crippen LogP contribution in [0.15, 0.2) is 173 Å². The molecule has 0 saturated carbocycles. The number of nitrogens with zero attached hydrogens (tertiary/aromatic N) is 6. The molecular weight excluding hydrogens is 1700 g/mol. The Balaban J connectivity index is 0.000000273. The summed E-state index contributed by atoms with van der Waals surface area (Å²) in [6.45, 7) is 36.3. The van der Waals surface area contributed by atoms with Gasteiger partial charge in [0.2, 0.25) is 11.4 Å². The van der Waals surface area contributed by atoms with E-state index >= 15 is 0 Å². The molecule has 12 aromatic rings. The van der Waals surface area contributed by atoms with Crippen LogP contribution in [-0.4, -0.2) is 89.0 Å². The first-order valence-electron chi connectivity index (χ1n) is 33.5. The van der Waals surface area contributed by atoms with Gasteiger partial charge in [-0.15, -0.1) is 90.0 Å². The zero-order valence-corrected chi connectivity index (χ0v) is 69.2. The van der Waals surface area contributed by atoms with Crippen LogP contribution in [0.1, 0.15) is 89.0 Å². The molecule has 0 aliphatic carbocycles. The van der Waals surface area contributed by atoms with Gasteiger partial charge in [0.05, 0.1) is 27.4 Å². The fourth-order valence-electron chi connectivity index (χ4n) is 11.3. The first-order chi connectivity index (χ1) is 47.2. The quantitative estimate of drug-likeness (QED) is 0.0403. The second-order valence-corrected chi connectivity index (χ2v) is 39.5. The molecule has 0 spiro atoms. The van der Waals surface area contributed by atoms with Gasteiger partial charge in [0.25, 0.3) is 0 Å². The van der Waals surface area contributed by atoms with Gasteiger partial charge in [-0.25, -0.2) is 9.97 Å². The average molecular weight is 1800 g/mol. The molecule has 0 fully saturated rings. The van der Waals surface area contributed by atoms with Gasteiger partial charge in [-0.05, 0) is 145 Å². The van der Waals surface area contributed by atoms with Crippen molar-refractivity contribution >= 4 is 80.8 Å². The third-order valence-electron chi connectivity index (χ3n) is 15.5. The van der Waals surface area contributed by atoms with Gasteiger partial charge >= 0.3 is 15.6 Å². The van der Waals surface area contributed by atoms with Gasteiger partial charge in [-0.1, -0.05) is 153 Å². The summed E-state index contributed by atoms with van der Waals surface area (Å²) in [4.78, 5) is 27.5. The molecule has 12 rings (SSSR count).